The molecule has 0 aromatic rings. The quantitative estimate of drug-likeness (QED) is 0.740. The summed E-state index contributed by atoms with van der Waals surface area (Å²) in [4.78, 5) is 25.8. The minimum atomic E-state index is -0.506. The number of ketones is 1. The number of rotatable bonds is 1. The number of hydrogen-bond donors (Lipinski definition) is 0. The maximum absolute atomic E-state index is 12.1. The Morgan fingerprint density at radius 1 is 1.40 bits per heavy atom. The van der Waals surface area contributed by atoms with Gasteiger partial charge in [-0.3, -0.25) is 4.79 Å². The molecule has 0 N–H and O–H groups in total. The minimum Gasteiger partial charge on any atom is -0.501 e. The summed E-state index contributed by atoms with van der Waals surface area (Å²) >= 11 is 0. The van der Waals surface area contributed by atoms with E-state index >= 15 is 0 Å². The van der Waals surface area contributed by atoms with Crippen LogP contribution in [0.5, 0.6) is 0 Å². The van der Waals surface area contributed by atoms with Gasteiger partial charge in [0.2, 0.25) is 0 Å². The number of methoxy groups -OCH3 is 1. The second-order valence-electron chi connectivity index (χ2n) is 6.50. The Balaban J connectivity index is 2.02. The molecule has 0 aromatic heterocycles. The topological polar surface area (TPSA) is 55.8 Å². The predicted octanol–water partition coefficient (Wildman–Crippen LogP) is 2.36. The number of amides is 1. The molecule has 1 aliphatic heterocycles. The molecule has 2 aliphatic rings. The SMILES string of the molecule is COC1=CC(=O)[C@H]2CN(C(=O)OC(C)(C)C)CC[C@@H]2C1. The van der Waals surface area contributed by atoms with Crippen molar-refractivity contribution in [3.8, 4) is 0 Å². The molecule has 0 aromatic carbocycles. The van der Waals surface area contributed by atoms with E-state index in [0.717, 1.165) is 18.6 Å². The van der Waals surface area contributed by atoms with Crippen LogP contribution in [0.2, 0.25) is 0 Å². The zero-order valence-electron chi connectivity index (χ0n) is 12.6. The van der Waals surface area contributed by atoms with Crippen LogP contribution in [-0.4, -0.2) is 42.6 Å². The Hall–Kier alpha value is -1.52. The molecule has 2 atom stereocenters. The number of likely N-dealkylation sites (tertiary alicyclic amines) is 1. The number of hydrogen-bond acceptors (Lipinski definition) is 4. The number of nitrogens with zero attached hydrogens (tertiary/aromatic N) is 1. The maximum Gasteiger partial charge on any atom is 0.410 e. The Bertz CT molecular complexity index is 436. The van der Waals surface area contributed by atoms with E-state index < -0.39 is 5.60 Å². The Morgan fingerprint density at radius 2 is 2.10 bits per heavy atom. The zero-order chi connectivity index (χ0) is 14.9. The molecule has 1 fully saturated rings. The van der Waals surface area contributed by atoms with E-state index in [1.54, 1.807) is 18.1 Å². The third-order valence-electron chi connectivity index (χ3n) is 3.80. The largest absolute Gasteiger partial charge is 0.501 e. The number of carbonyl (C=O) groups is 2. The molecule has 1 amide bonds. The smallest absolute Gasteiger partial charge is 0.410 e. The molecule has 20 heavy (non-hydrogen) atoms. The summed E-state index contributed by atoms with van der Waals surface area (Å²) in [5, 5.41) is 0. The van der Waals surface area contributed by atoms with Crippen molar-refractivity contribution in [2.24, 2.45) is 11.8 Å². The van der Waals surface area contributed by atoms with Crippen LogP contribution in [0.4, 0.5) is 4.79 Å². The van der Waals surface area contributed by atoms with Gasteiger partial charge in [0.25, 0.3) is 0 Å². The van der Waals surface area contributed by atoms with Crippen LogP contribution >= 0.6 is 0 Å². The van der Waals surface area contributed by atoms with Gasteiger partial charge in [0.1, 0.15) is 5.60 Å². The summed E-state index contributed by atoms with van der Waals surface area (Å²) in [6.07, 6.45) is 2.84. The number of fused-ring (bicyclic) bond motifs is 1. The van der Waals surface area contributed by atoms with Crippen molar-refractivity contribution in [1.29, 1.82) is 0 Å². The summed E-state index contributed by atoms with van der Waals surface area (Å²) < 4.78 is 10.6. The van der Waals surface area contributed by atoms with Crippen molar-refractivity contribution in [2.45, 2.75) is 39.2 Å². The van der Waals surface area contributed by atoms with Crippen LogP contribution in [0.15, 0.2) is 11.8 Å². The molecule has 2 rings (SSSR count). The molecular formula is C15H23NO4. The van der Waals surface area contributed by atoms with Crippen LogP contribution in [-0.2, 0) is 14.3 Å². The van der Waals surface area contributed by atoms with Crippen LogP contribution < -0.4 is 0 Å². The van der Waals surface area contributed by atoms with E-state index in [-0.39, 0.29) is 23.7 Å². The van der Waals surface area contributed by atoms with E-state index in [9.17, 15) is 9.59 Å². The molecule has 5 heteroatoms. The zero-order valence-corrected chi connectivity index (χ0v) is 12.6. The van der Waals surface area contributed by atoms with Gasteiger partial charge in [0.05, 0.1) is 12.9 Å². The molecule has 112 valence electrons. The van der Waals surface area contributed by atoms with Crippen LogP contribution in [0.25, 0.3) is 0 Å². The molecule has 0 radical (unpaired) electrons. The predicted molar refractivity (Wildman–Crippen MR) is 74.1 cm³/mol. The fourth-order valence-corrected chi connectivity index (χ4v) is 2.78. The van der Waals surface area contributed by atoms with Crippen LogP contribution in [0.1, 0.15) is 33.6 Å². The highest BCUT2D eigenvalue weighted by molar-refractivity contribution is 5.93. The summed E-state index contributed by atoms with van der Waals surface area (Å²) in [6, 6.07) is 0. The third-order valence-corrected chi connectivity index (χ3v) is 3.80. The number of carbonyl (C=O) groups excluding carboxylic acids is 2. The minimum absolute atomic E-state index is 0.0614. The molecule has 0 bridgehead atoms. The average molecular weight is 281 g/mol. The lowest BCUT2D eigenvalue weighted by Gasteiger charge is -2.39. The molecule has 0 unspecified atom stereocenters. The van der Waals surface area contributed by atoms with Crippen LogP contribution in [0.3, 0.4) is 0 Å². The van der Waals surface area contributed by atoms with E-state index in [4.69, 9.17) is 9.47 Å². The van der Waals surface area contributed by atoms with Gasteiger partial charge in [-0.15, -0.1) is 0 Å². The molecule has 0 spiro atoms. The summed E-state index contributed by atoms with van der Waals surface area (Å²) in [5.74, 6) is 0.977. The van der Waals surface area contributed by atoms with Crippen molar-refractivity contribution in [2.75, 3.05) is 20.2 Å². The first-order chi connectivity index (χ1) is 9.30. The third kappa shape index (κ3) is 3.32. The lowest BCUT2D eigenvalue weighted by Crippen LogP contribution is -2.48. The highest BCUT2D eigenvalue weighted by Crippen LogP contribution is 2.34. The van der Waals surface area contributed by atoms with Gasteiger partial charge in [0.15, 0.2) is 5.78 Å². The summed E-state index contributed by atoms with van der Waals surface area (Å²) in [5.41, 5.74) is -0.506. The van der Waals surface area contributed by atoms with Gasteiger partial charge in [-0.2, -0.15) is 0 Å². The number of allylic oxidation sites excluding steroid dienone is 2. The molecule has 5 nitrogen and oxygen atoms in total. The fourth-order valence-electron chi connectivity index (χ4n) is 2.78. The van der Waals surface area contributed by atoms with Gasteiger partial charge >= 0.3 is 6.09 Å². The van der Waals surface area contributed by atoms with E-state index in [1.807, 2.05) is 20.8 Å². The molecule has 1 heterocycles. The summed E-state index contributed by atoms with van der Waals surface area (Å²) in [6.45, 7) is 6.62. The first kappa shape index (κ1) is 14.9. The second kappa shape index (κ2) is 5.46. The highest BCUT2D eigenvalue weighted by Gasteiger charge is 2.39. The van der Waals surface area contributed by atoms with Gasteiger partial charge in [-0.05, 0) is 33.1 Å². The van der Waals surface area contributed by atoms with Gasteiger partial charge < -0.3 is 14.4 Å². The lowest BCUT2D eigenvalue weighted by molar-refractivity contribution is -0.123. The number of piperidine rings is 1. The van der Waals surface area contributed by atoms with E-state index in [1.165, 1.54) is 0 Å². The van der Waals surface area contributed by atoms with Crippen LogP contribution in [0, 0.1) is 11.8 Å². The average Bonchev–Trinajstić information content (AvgIpc) is 2.36. The maximum atomic E-state index is 12.1. The Kier molecular flexibility index (Phi) is 4.06. The fraction of sp³-hybridized carbons (Fsp3) is 0.733. The Labute approximate surface area is 119 Å². The van der Waals surface area contributed by atoms with Gasteiger partial charge in [-0.1, -0.05) is 0 Å². The molecule has 0 saturated carbocycles. The highest BCUT2D eigenvalue weighted by atomic mass is 16.6. The first-order valence-corrected chi connectivity index (χ1v) is 7.06. The molecule has 1 aliphatic carbocycles. The molecule has 1 saturated heterocycles. The van der Waals surface area contributed by atoms with E-state index in [2.05, 4.69) is 0 Å². The summed E-state index contributed by atoms with van der Waals surface area (Å²) in [7, 11) is 1.59. The van der Waals surface area contributed by atoms with Crippen molar-refractivity contribution < 1.29 is 19.1 Å². The normalized spacial score (nSPS) is 26.7. The van der Waals surface area contributed by atoms with Gasteiger partial charge in [-0.25, -0.2) is 4.79 Å². The lowest BCUT2D eigenvalue weighted by atomic mass is 9.77. The molecular weight excluding hydrogens is 258 g/mol. The van der Waals surface area contributed by atoms with Crippen molar-refractivity contribution in [3.63, 3.8) is 0 Å². The standard InChI is InChI=1S/C15H23NO4/c1-15(2,3)20-14(18)16-6-5-10-7-11(19-4)8-13(17)12(10)9-16/h8,10,12H,5-7,9H2,1-4H3/t10-,12+/m1/s1. The second-order valence-corrected chi connectivity index (χ2v) is 6.50. The van der Waals surface area contributed by atoms with E-state index in [0.29, 0.717) is 13.1 Å². The van der Waals surface area contributed by atoms with Crippen molar-refractivity contribution in [1.82, 2.24) is 4.90 Å². The van der Waals surface area contributed by atoms with Crippen molar-refractivity contribution in [3.05, 3.63) is 11.8 Å². The number of ether oxygens (including phenoxy) is 2. The first-order valence-electron chi connectivity index (χ1n) is 7.06. The van der Waals surface area contributed by atoms with Crippen molar-refractivity contribution >= 4 is 11.9 Å². The monoisotopic (exact) mass is 281 g/mol. The van der Waals surface area contributed by atoms with Gasteiger partial charge in [0, 0.05) is 31.5 Å². The Morgan fingerprint density at radius 3 is 2.70 bits per heavy atom.